The molecule has 1 aliphatic rings. The Kier molecular flexibility index (Phi) is 5.01. The summed E-state index contributed by atoms with van der Waals surface area (Å²) in [5, 5.41) is 9.96. The van der Waals surface area contributed by atoms with Crippen molar-refractivity contribution in [1.29, 1.82) is 0 Å². The first-order valence-electron chi connectivity index (χ1n) is 7.85. The Bertz CT molecular complexity index is 608. The van der Waals surface area contributed by atoms with E-state index in [0.29, 0.717) is 19.4 Å². The van der Waals surface area contributed by atoms with Crippen molar-refractivity contribution < 1.29 is 27.8 Å². The lowest BCUT2D eigenvalue weighted by Gasteiger charge is -2.34. The second kappa shape index (κ2) is 6.53. The maximum atomic E-state index is 12.9. The Balaban J connectivity index is 2.19. The number of benzene rings is 1. The first-order chi connectivity index (χ1) is 11.0. The van der Waals surface area contributed by atoms with Crippen LogP contribution < -0.4 is 0 Å². The summed E-state index contributed by atoms with van der Waals surface area (Å²) in [6, 6.07) is 2.89. The van der Waals surface area contributed by atoms with Crippen molar-refractivity contribution >= 4 is 6.09 Å². The van der Waals surface area contributed by atoms with E-state index in [1.165, 1.54) is 4.90 Å². The maximum Gasteiger partial charge on any atom is 0.416 e. The van der Waals surface area contributed by atoms with Crippen molar-refractivity contribution in [3.05, 3.63) is 29.3 Å². The van der Waals surface area contributed by atoms with Crippen LogP contribution in [0.2, 0.25) is 0 Å². The van der Waals surface area contributed by atoms with E-state index >= 15 is 0 Å². The summed E-state index contributed by atoms with van der Waals surface area (Å²) < 4.78 is 44.0. The van der Waals surface area contributed by atoms with Gasteiger partial charge >= 0.3 is 12.3 Å². The number of piperidine rings is 1. The molecule has 0 aliphatic carbocycles. The average Bonchev–Trinajstić information content (AvgIpc) is 2.45. The van der Waals surface area contributed by atoms with Crippen LogP contribution in [0, 0.1) is 0 Å². The number of hydrogen-bond donors (Lipinski definition) is 1. The minimum atomic E-state index is -4.47. The largest absolute Gasteiger partial charge is 0.508 e. The third-order valence-corrected chi connectivity index (χ3v) is 3.87. The highest BCUT2D eigenvalue weighted by Gasteiger charge is 2.34. The number of amides is 1. The van der Waals surface area contributed by atoms with Gasteiger partial charge in [0.15, 0.2) is 0 Å². The molecule has 2 rings (SSSR count). The molecule has 7 heteroatoms. The zero-order chi connectivity index (χ0) is 18.1. The van der Waals surface area contributed by atoms with Gasteiger partial charge in [0, 0.05) is 19.0 Å². The molecule has 4 nitrogen and oxygen atoms in total. The van der Waals surface area contributed by atoms with Crippen LogP contribution in [0.5, 0.6) is 5.75 Å². The predicted octanol–water partition coefficient (Wildman–Crippen LogP) is 4.53. The Labute approximate surface area is 139 Å². The van der Waals surface area contributed by atoms with Gasteiger partial charge in [0.2, 0.25) is 0 Å². The molecule has 1 atom stereocenters. The Morgan fingerprint density at radius 3 is 2.54 bits per heavy atom. The minimum Gasteiger partial charge on any atom is -0.508 e. The molecule has 1 aliphatic heterocycles. The summed E-state index contributed by atoms with van der Waals surface area (Å²) in [5.41, 5.74) is -1.22. The van der Waals surface area contributed by atoms with Crippen LogP contribution in [-0.2, 0) is 10.9 Å². The molecule has 0 saturated carbocycles. The summed E-state index contributed by atoms with van der Waals surface area (Å²) in [4.78, 5) is 13.6. The van der Waals surface area contributed by atoms with Crippen molar-refractivity contribution in [2.45, 2.75) is 51.3 Å². The van der Waals surface area contributed by atoms with Gasteiger partial charge in [-0.2, -0.15) is 13.2 Å². The summed E-state index contributed by atoms with van der Waals surface area (Å²) in [6.07, 6.45) is -3.71. The summed E-state index contributed by atoms with van der Waals surface area (Å²) in [6.45, 7) is 5.98. The number of aromatic hydroxyl groups is 1. The summed E-state index contributed by atoms with van der Waals surface area (Å²) in [7, 11) is 0. The molecule has 1 amide bonds. The van der Waals surface area contributed by atoms with E-state index in [1.807, 2.05) is 0 Å². The summed E-state index contributed by atoms with van der Waals surface area (Å²) >= 11 is 0. The molecule has 1 saturated heterocycles. The lowest BCUT2D eigenvalue weighted by Crippen LogP contribution is -2.42. The van der Waals surface area contributed by atoms with Gasteiger partial charge in [-0.1, -0.05) is 0 Å². The topological polar surface area (TPSA) is 49.8 Å². The number of hydrogen-bond acceptors (Lipinski definition) is 3. The molecule has 134 valence electrons. The second-order valence-corrected chi connectivity index (χ2v) is 7.04. The standard InChI is InChI=1S/C17H22F3NO3/c1-16(2,3)24-15(23)21-8-4-5-11(10-21)13-9-12(17(18,19)20)6-7-14(13)22/h6-7,9,11,22H,4-5,8,10H2,1-3H3. The van der Waals surface area contributed by atoms with Crippen LogP contribution >= 0.6 is 0 Å². The number of halogens is 3. The van der Waals surface area contributed by atoms with Crippen LogP contribution in [0.25, 0.3) is 0 Å². The minimum absolute atomic E-state index is 0.181. The van der Waals surface area contributed by atoms with Crippen molar-refractivity contribution in [3.8, 4) is 5.75 Å². The molecule has 0 aromatic heterocycles. The first-order valence-corrected chi connectivity index (χ1v) is 7.85. The van der Waals surface area contributed by atoms with Crippen molar-refractivity contribution in [3.63, 3.8) is 0 Å². The van der Waals surface area contributed by atoms with Crippen molar-refractivity contribution in [1.82, 2.24) is 4.90 Å². The predicted molar refractivity (Wildman–Crippen MR) is 82.9 cm³/mol. The number of carbonyl (C=O) groups excluding carboxylic acids is 1. The smallest absolute Gasteiger partial charge is 0.416 e. The van der Waals surface area contributed by atoms with Gasteiger partial charge in [-0.05, 0) is 57.4 Å². The first kappa shape index (κ1) is 18.4. The highest BCUT2D eigenvalue weighted by atomic mass is 19.4. The molecule has 1 aromatic rings. The highest BCUT2D eigenvalue weighted by molar-refractivity contribution is 5.68. The van der Waals surface area contributed by atoms with Crippen molar-refractivity contribution in [2.24, 2.45) is 0 Å². The van der Waals surface area contributed by atoms with Gasteiger partial charge in [0.25, 0.3) is 0 Å². The van der Waals surface area contributed by atoms with Gasteiger partial charge in [-0.25, -0.2) is 4.79 Å². The molecular weight excluding hydrogens is 323 g/mol. The molecule has 1 N–H and O–H groups in total. The number of rotatable bonds is 1. The van der Waals surface area contributed by atoms with Gasteiger partial charge in [-0.15, -0.1) is 0 Å². The van der Waals surface area contributed by atoms with Gasteiger partial charge in [0.1, 0.15) is 11.4 Å². The third kappa shape index (κ3) is 4.55. The van der Waals surface area contributed by atoms with Crippen LogP contribution in [0.4, 0.5) is 18.0 Å². The number of phenols is 1. The van der Waals surface area contributed by atoms with E-state index in [4.69, 9.17) is 4.74 Å². The summed E-state index contributed by atoms with van der Waals surface area (Å²) in [5.74, 6) is -0.535. The molecule has 0 spiro atoms. The molecular formula is C17H22F3NO3. The number of phenolic OH excluding ortho intramolecular Hbond substituents is 1. The maximum absolute atomic E-state index is 12.9. The van der Waals surface area contributed by atoms with Crippen molar-refractivity contribution in [2.75, 3.05) is 13.1 Å². The molecule has 1 aromatic carbocycles. The quantitative estimate of drug-likeness (QED) is 0.814. The highest BCUT2D eigenvalue weighted by Crippen LogP contribution is 2.38. The molecule has 1 unspecified atom stereocenters. The molecule has 1 fully saturated rings. The van der Waals surface area contributed by atoms with Gasteiger partial charge in [0.05, 0.1) is 5.56 Å². The van der Waals surface area contributed by atoms with E-state index in [2.05, 4.69) is 0 Å². The van der Waals surface area contributed by atoms with Crippen LogP contribution in [0.15, 0.2) is 18.2 Å². The molecule has 0 bridgehead atoms. The number of alkyl halides is 3. The number of likely N-dealkylation sites (tertiary alicyclic amines) is 1. The zero-order valence-corrected chi connectivity index (χ0v) is 14.0. The Hall–Kier alpha value is -1.92. The monoisotopic (exact) mass is 345 g/mol. The lowest BCUT2D eigenvalue weighted by atomic mass is 9.89. The zero-order valence-electron chi connectivity index (χ0n) is 14.0. The van der Waals surface area contributed by atoms with E-state index in [-0.39, 0.29) is 23.8 Å². The Morgan fingerprint density at radius 1 is 1.29 bits per heavy atom. The molecule has 1 heterocycles. The molecule has 0 radical (unpaired) electrons. The van der Waals surface area contributed by atoms with E-state index in [0.717, 1.165) is 18.2 Å². The lowest BCUT2D eigenvalue weighted by molar-refractivity contribution is -0.137. The van der Waals surface area contributed by atoms with Gasteiger partial charge < -0.3 is 14.7 Å². The number of nitrogens with zero attached hydrogens (tertiary/aromatic N) is 1. The average molecular weight is 345 g/mol. The fourth-order valence-electron chi connectivity index (χ4n) is 2.78. The normalized spacial score (nSPS) is 19.2. The van der Waals surface area contributed by atoms with E-state index in [9.17, 15) is 23.1 Å². The van der Waals surface area contributed by atoms with E-state index in [1.54, 1.807) is 20.8 Å². The Morgan fingerprint density at radius 2 is 1.96 bits per heavy atom. The molecule has 24 heavy (non-hydrogen) atoms. The second-order valence-electron chi connectivity index (χ2n) is 7.04. The third-order valence-electron chi connectivity index (χ3n) is 3.87. The number of ether oxygens (including phenoxy) is 1. The fraction of sp³-hybridized carbons (Fsp3) is 0.588. The SMILES string of the molecule is CC(C)(C)OC(=O)N1CCCC(c2cc(C(F)(F)F)ccc2O)C1. The van der Waals surface area contributed by atoms with E-state index < -0.39 is 23.4 Å². The van der Waals surface area contributed by atoms with Gasteiger partial charge in [-0.3, -0.25) is 0 Å². The van der Waals surface area contributed by atoms with Crippen LogP contribution in [-0.4, -0.2) is 34.8 Å². The van der Waals surface area contributed by atoms with Crippen LogP contribution in [0.1, 0.15) is 50.7 Å². The fourth-order valence-corrected chi connectivity index (χ4v) is 2.78. The van der Waals surface area contributed by atoms with Crippen LogP contribution in [0.3, 0.4) is 0 Å². The number of carbonyl (C=O) groups is 1.